The Balaban J connectivity index is 1.85. The van der Waals surface area contributed by atoms with Gasteiger partial charge in [-0.2, -0.15) is 0 Å². The maximum atomic E-state index is 13.3. The molecule has 0 fully saturated rings. The van der Waals surface area contributed by atoms with Gasteiger partial charge in [-0.1, -0.05) is 29.8 Å². The van der Waals surface area contributed by atoms with Crippen LogP contribution < -0.4 is 10.6 Å². The van der Waals surface area contributed by atoms with Crippen LogP contribution in [0.25, 0.3) is 0 Å². The number of carbonyl (C=O) groups is 1. The van der Waals surface area contributed by atoms with Crippen molar-refractivity contribution in [3.63, 3.8) is 0 Å². The van der Waals surface area contributed by atoms with Gasteiger partial charge in [0.2, 0.25) is 0 Å². The summed E-state index contributed by atoms with van der Waals surface area (Å²) in [5.74, 6) is -1.64. The van der Waals surface area contributed by atoms with Crippen LogP contribution in [0.4, 0.5) is 19.3 Å². The molecule has 0 radical (unpaired) electrons. The van der Waals surface area contributed by atoms with Gasteiger partial charge in [-0.15, -0.1) is 0 Å². The van der Waals surface area contributed by atoms with E-state index < -0.39 is 23.4 Å². The highest BCUT2D eigenvalue weighted by Gasteiger charge is 2.11. The van der Waals surface area contributed by atoms with Crippen molar-refractivity contribution >= 4 is 23.3 Å². The number of nitrogens with one attached hydrogen (secondary N) is 2. The molecule has 2 rings (SSSR count). The van der Waals surface area contributed by atoms with Gasteiger partial charge in [0.1, 0.15) is 17.3 Å². The lowest BCUT2D eigenvalue weighted by Gasteiger charge is -2.09. The molecule has 0 aliphatic heterocycles. The molecule has 3 nitrogen and oxygen atoms in total. The summed E-state index contributed by atoms with van der Waals surface area (Å²) in [6, 6.07) is 9.95. The Morgan fingerprint density at radius 1 is 1.10 bits per heavy atom. The zero-order valence-electron chi connectivity index (χ0n) is 11.0. The summed E-state index contributed by atoms with van der Waals surface area (Å²) in [6.45, 7) is 0.322. The Hall–Kier alpha value is -2.14. The Morgan fingerprint density at radius 2 is 1.76 bits per heavy atom. The first-order valence-corrected chi connectivity index (χ1v) is 6.67. The lowest BCUT2D eigenvalue weighted by molar-refractivity contribution is 0.252. The summed E-state index contributed by atoms with van der Waals surface area (Å²) in [7, 11) is 0. The van der Waals surface area contributed by atoms with Crippen molar-refractivity contribution in [3.8, 4) is 0 Å². The second-order valence-electron chi connectivity index (χ2n) is 4.36. The summed E-state index contributed by atoms with van der Waals surface area (Å²) in [5, 5.41) is 5.29. The number of anilines is 1. The van der Waals surface area contributed by atoms with Gasteiger partial charge in [0.05, 0.1) is 0 Å². The van der Waals surface area contributed by atoms with E-state index in [-0.39, 0.29) is 0 Å². The van der Waals surface area contributed by atoms with Gasteiger partial charge in [-0.25, -0.2) is 13.6 Å². The second kappa shape index (κ2) is 7.04. The predicted molar refractivity (Wildman–Crippen MR) is 78.5 cm³/mol. The molecule has 21 heavy (non-hydrogen) atoms. The molecule has 6 heteroatoms. The van der Waals surface area contributed by atoms with Crippen LogP contribution in [0, 0.1) is 11.6 Å². The number of urea groups is 1. The first-order chi connectivity index (χ1) is 10.1. The van der Waals surface area contributed by atoms with Crippen LogP contribution in [0.3, 0.4) is 0 Å². The molecule has 0 heterocycles. The van der Waals surface area contributed by atoms with Crippen molar-refractivity contribution in [1.29, 1.82) is 0 Å². The van der Waals surface area contributed by atoms with Gasteiger partial charge in [0.25, 0.3) is 0 Å². The molecule has 110 valence electrons. The molecule has 0 atom stereocenters. The van der Waals surface area contributed by atoms with Gasteiger partial charge in [-0.05, 0) is 36.2 Å². The molecule has 2 aromatic rings. The van der Waals surface area contributed by atoms with Crippen molar-refractivity contribution < 1.29 is 13.6 Å². The third-order valence-electron chi connectivity index (χ3n) is 2.79. The average Bonchev–Trinajstić information content (AvgIpc) is 2.43. The van der Waals surface area contributed by atoms with Crippen LogP contribution in [-0.4, -0.2) is 12.6 Å². The number of amides is 2. The number of carbonyl (C=O) groups excluding carboxylic acids is 1. The summed E-state index contributed by atoms with van der Waals surface area (Å²) in [5.41, 5.74) is 0.498. The smallest absolute Gasteiger partial charge is 0.319 e. The van der Waals surface area contributed by atoms with Gasteiger partial charge in [0, 0.05) is 11.6 Å². The summed E-state index contributed by atoms with van der Waals surface area (Å²) in [4.78, 5) is 11.6. The van der Waals surface area contributed by atoms with E-state index >= 15 is 0 Å². The molecular formula is C15H13ClF2N2O. The van der Waals surface area contributed by atoms with Crippen LogP contribution >= 0.6 is 11.6 Å². The van der Waals surface area contributed by atoms with Gasteiger partial charge in [-0.3, -0.25) is 0 Å². The minimum atomic E-state index is -0.819. The maximum absolute atomic E-state index is 13.3. The second-order valence-corrected chi connectivity index (χ2v) is 4.79. The molecule has 0 bridgehead atoms. The number of hydrogen-bond donors (Lipinski definition) is 2. The Morgan fingerprint density at radius 3 is 2.43 bits per heavy atom. The number of hydrogen-bond acceptors (Lipinski definition) is 1. The summed E-state index contributed by atoms with van der Waals surface area (Å²) < 4.78 is 26.7. The molecule has 2 amide bonds. The number of halogens is 3. The fraction of sp³-hybridized carbons (Fsp3) is 0.133. The summed E-state index contributed by atoms with van der Waals surface area (Å²) >= 11 is 5.85. The lowest BCUT2D eigenvalue weighted by atomic mass is 10.1. The summed E-state index contributed by atoms with van der Waals surface area (Å²) in [6.07, 6.45) is 0.563. The quantitative estimate of drug-likeness (QED) is 0.881. The first kappa shape index (κ1) is 15.3. The standard InChI is InChI=1S/C15H13ClF2N2O/c16-11-4-1-3-10(9-11)7-8-19-15(21)20-14-12(17)5-2-6-13(14)18/h1-6,9H,7-8H2,(H2,19,20,21). The van der Waals surface area contributed by atoms with E-state index in [2.05, 4.69) is 10.6 Å². The lowest BCUT2D eigenvalue weighted by Crippen LogP contribution is -2.31. The Bertz CT molecular complexity index is 629. The van der Waals surface area contributed by atoms with E-state index in [1.54, 1.807) is 12.1 Å². The first-order valence-electron chi connectivity index (χ1n) is 6.29. The normalized spacial score (nSPS) is 10.2. The fourth-order valence-corrected chi connectivity index (χ4v) is 2.00. The largest absolute Gasteiger partial charge is 0.338 e. The maximum Gasteiger partial charge on any atom is 0.319 e. The minimum absolute atomic E-state index is 0.322. The molecular weight excluding hydrogens is 298 g/mol. The van der Waals surface area contributed by atoms with Gasteiger partial charge < -0.3 is 10.6 Å². The molecule has 0 unspecified atom stereocenters. The number of rotatable bonds is 4. The number of para-hydroxylation sites is 1. The van der Waals surface area contributed by atoms with Gasteiger partial charge >= 0.3 is 6.03 Å². The molecule has 0 aliphatic rings. The van der Waals surface area contributed by atoms with Crippen LogP contribution in [0.2, 0.25) is 5.02 Å². The Labute approximate surface area is 125 Å². The zero-order valence-corrected chi connectivity index (χ0v) is 11.8. The van der Waals surface area contributed by atoms with Crippen molar-refractivity contribution in [3.05, 3.63) is 64.7 Å². The zero-order chi connectivity index (χ0) is 15.2. The topological polar surface area (TPSA) is 41.1 Å². The average molecular weight is 311 g/mol. The van der Waals surface area contributed by atoms with E-state index in [1.807, 2.05) is 12.1 Å². The van der Waals surface area contributed by atoms with Crippen molar-refractivity contribution in [1.82, 2.24) is 5.32 Å². The molecule has 0 saturated heterocycles. The van der Waals surface area contributed by atoms with E-state index in [0.29, 0.717) is 18.0 Å². The highest BCUT2D eigenvalue weighted by molar-refractivity contribution is 6.30. The van der Waals surface area contributed by atoms with Crippen molar-refractivity contribution in [2.45, 2.75) is 6.42 Å². The van der Waals surface area contributed by atoms with Crippen molar-refractivity contribution in [2.75, 3.05) is 11.9 Å². The molecule has 0 saturated carbocycles. The highest BCUT2D eigenvalue weighted by Crippen LogP contribution is 2.17. The molecule has 0 spiro atoms. The minimum Gasteiger partial charge on any atom is -0.338 e. The van der Waals surface area contributed by atoms with Crippen LogP contribution in [0.15, 0.2) is 42.5 Å². The highest BCUT2D eigenvalue weighted by atomic mass is 35.5. The van der Waals surface area contributed by atoms with E-state index in [9.17, 15) is 13.6 Å². The molecule has 2 aromatic carbocycles. The SMILES string of the molecule is O=C(NCCc1cccc(Cl)c1)Nc1c(F)cccc1F. The van der Waals surface area contributed by atoms with Crippen molar-refractivity contribution in [2.24, 2.45) is 0 Å². The number of benzene rings is 2. The molecule has 0 aromatic heterocycles. The van der Waals surface area contributed by atoms with E-state index in [0.717, 1.165) is 17.7 Å². The van der Waals surface area contributed by atoms with E-state index in [1.165, 1.54) is 6.07 Å². The van der Waals surface area contributed by atoms with Crippen LogP contribution in [-0.2, 0) is 6.42 Å². The third-order valence-corrected chi connectivity index (χ3v) is 3.02. The Kier molecular flexibility index (Phi) is 5.11. The predicted octanol–water partition coefficient (Wildman–Crippen LogP) is 3.98. The van der Waals surface area contributed by atoms with Crippen LogP contribution in [0.5, 0.6) is 0 Å². The fourth-order valence-electron chi connectivity index (χ4n) is 1.79. The van der Waals surface area contributed by atoms with Gasteiger partial charge in [0.15, 0.2) is 0 Å². The van der Waals surface area contributed by atoms with E-state index in [4.69, 9.17) is 11.6 Å². The molecule has 0 aliphatic carbocycles. The van der Waals surface area contributed by atoms with Crippen LogP contribution in [0.1, 0.15) is 5.56 Å². The molecule has 2 N–H and O–H groups in total. The third kappa shape index (κ3) is 4.43. The monoisotopic (exact) mass is 310 g/mol.